The Bertz CT molecular complexity index is 855. The number of anilines is 2. The Morgan fingerprint density at radius 1 is 1.20 bits per heavy atom. The van der Waals surface area contributed by atoms with Crippen molar-refractivity contribution in [2.75, 3.05) is 27.9 Å². The van der Waals surface area contributed by atoms with Crippen molar-refractivity contribution in [3.63, 3.8) is 0 Å². The van der Waals surface area contributed by atoms with Gasteiger partial charge in [0, 0.05) is 42.1 Å². The molecule has 3 atom stereocenters. The summed E-state index contributed by atoms with van der Waals surface area (Å²) in [5.74, 6) is 0.0619. The van der Waals surface area contributed by atoms with Gasteiger partial charge in [-0.15, -0.1) is 0 Å². The van der Waals surface area contributed by atoms with Crippen LogP contribution >= 0.6 is 11.8 Å². The smallest absolute Gasteiger partial charge is 0.414 e. The molecule has 3 aliphatic heterocycles. The molecule has 1 aliphatic carbocycles. The van der Waals surface area contributed by atoms with E-state index in [4.69, 9.17) is 10.5 Å². The van der Waals surface area contributed by atoms with E-state index in [2.05, 4.69) is 0 Å². The number of halogens is 2. The highest BCUT2D eigenvalue weighted by Gasteiger charge is 2.47. The number of fused-ring (bicyclic) bond motifs is 2. The zero-order valence-electron chi connectivity index (χ0n) is 16.6. The van der Waals surface area contributed by atoms with Crippen LogP contribution in [0.3, 0.4) is 0 Å². The summed E-state index contributed by atoms with van der Waals surface area (Å²) >= 11 is 1.83. The van der Waals surface area contributed by atoms with Crippen LogP contribution in [0.15, 0.2) is 12.1 Å². The summed E-state index contributed by atoms with van der Waals surface area (Å²) in [6.07, 6.45) is 3.35. The van der Waals surface area contributed by atoms with Crippen LogP contribution in [0.2, 0.25) is 0 Å². The summed E-state index contributed by atoms with van der Waals surface area (Å²) in [5, 5.41) is 0. The number of ether oxygens (including phenoxy) is 1. The molecule has 30 heavy (non-hydrogen) atoms. The third-order valence-electron chi connectivity index (χ3n) is 7.14. The molecule has 1 aromatic rings. The molecule has 2 amide bonds. The standard InChI is InChI=1S/C21H25F2N3O3S/c22-16-6-14(7-17(23)18(16)26-12-2-3-13(26)11-30-10-12)25-9-15(29-20(25)28)8-21(19(24)27)4-1-5-21/h6-7,12-13,15H,1-5,8-11H2,(H2,24,27)/t12-,13+,15-/m0/s1. The molecule has 3 heterocycles. The number of nitrogens with zero attached hydrogens (tertiary/aromatic N) is 2. The van der Waals surface area contributed by atoms with Crippen molar-refractivity contribution in [2.45, 2.75) is 56.7 Å². The van der Waals surface area contributed by atoms with Crippen molar-refractivity contribution < 1.29 is 23.1 Å². The molecule has 3 saturated heterocycles. The minimum Gasteiger partial charge on any atom is -0.444 e. The third kappa shape index (κ3) is 3.13. The van der Waals surface area contributed by atoms with Crippen molar-refractivity contribution in [3.8, 4) is 0 Å². The van der Waals surface area contributed by atoms with Gasteiger partial charge in [0.1, 0.15) is 11.8 Å². The number of thioether (sulfide) groups is 1. The number of cyclic esters (lactones) is 1. The Morgan fingerprint density at radius 2 is 1.83 bits per heavy atom. The number of hydrogen-bond donors (Lipinski definition) is 1. The van der Waals surface area contributed by atoms with E-state index >= 15 is 8.78 Å². The van der Waals surface area contributed by atoms with Crippen LogP contribution < -0.4 is 15.5 Å². The van der Waals surface area contributed by atoms with Crippen molar-refractivity contribution in [2.24, 2.45) is 11.1 Å². The Morgan fingerprint density at radius 3 is 2.37 bits per heavy atom. The average molecular weight is 438 g/mol. The van der Waals surface area contributed by atoms with Gasteiger partial charge >= 0.3 is 6.09 Å². The summed E-state index contributed by atoms with van der Waals surface area (Å²) < 4.78 is 35.5. The second-order valence-corrected chi connectivity index (χ2v) is 9.98. The molecule has 4 fully saturated rings. The van der Waals surface area contributed by atoms with Gasteiger partial charge in [0.2, 0.25) is 5.91 Å². The Kier molecular flexibility index (Phi) is 4.83. The summed E-state index contributed by atoms with van der Waals surface area (Å²) in [7, 11) is 0. The van der Waals surface area contributed by atoms with E-state index in [9.17, 15) is 9.59 Å². The number of carbonyl (C=O) groups is 2. The highest BCUT2D eigenvalue weighted by molar-refractivity contribution is 7.99. The molecule has 1 saturated carbocycles. The second-order valence-electron chi connectivity index (χ2n) is 8.91. The van der Waals surface area contributed by atoms with Crippen LogP contribution in [0.5, 0.6) is 0 Å². The highest BCUT2D eigenvalue weighted by Crippen LogP contribution is 2.46. The average Bonchev–Trinajstić information content (AvgIpc) is 3.12. The molecule has 0 spiro atoms. The molecule has 0 aromatic heterocycles. The first-order chi connectivity index (χ1) is 14.4. The topological polar surface area (TPSA) is 75.9 Å². The van der Waals surface area contributed by atoms with Gasteiger partial charge in [-0.1, -0.05) is 6.42 Å². The van der Waals surface area contributed by atoms with Crippen molar-refractivity contribution in [1.29, 1.82) is 0 Å². The van der Waals surface area contributed by atoms with Crippen LogP contribution in [0.4, 0.5) is 25.0 Å². The zero-order valence-corrected chi connectivity index (χ0v) is 17.4. The number of rotatable bonds is 5. The minimum absolute atomic E-state index is 0.0119. The minimum atomic E-state index is -0.655. The summed E-state index contributed by atoms with van der Waals surface area (Å²) in [4.78, 5) is 27.4. The quantitative estimate of drug-likeness (QED) is 0.764. The molecule has 0 radical (unpaired) electrons. The summed E-state index contributed by atoms with van der Waals surface area (Å²) in [5.41, 5.74) is 5.07. The molecule has 2 bridgehead atoms. The molecule has 0 unspecified atom stereocenters. The van der Waals surface area contributed by atoms with Crippen molar-refractivity contribution >= 4 is 35.1 Å². The van der Waals surface area contributed by atoms with Gasteiger partial charge in [-0.3, -0.25) is 9.69 Å². The number of benzene rings is 1. The number of primary amides is 1. The summed E-state index contributed by atoms with van der Waals surface area (Å²) in [6, 6.07) is 2.74. The SMILES string of the molecule is NC(=O)C1(C[C@H]2CN(c3cc(F)c(N4[C@@H]5CC[C@H]4CSC5)c(F)c3)C(=O)O2)CCC1. The number of amides is 2. The second kappa shape index (κ2) is 7.28. The van der Waals surface area contributed by atoms with Gasteiger partial charge in [0.25, 0.3) is 0 Å². The lowest BCUT2D eigenvalue weighted by atomic mass is 9.65. The van der Waals surface area contributed by atoms with Crippen LogP contribution in [-0.2, 0) is 9.53 Å². The fraction of sp³-hybridized carbons (Fsp3) is 0.619. The Hall–Kier alpha value is -2.03. The maximum atomic E-state index is 15.1. The zero-order chi connectivity index (χ0) is 21.0. The van der Waals surface area contributed by atoms with E-state index < -0.39 is 29.2 Å². The van der Waals surface area contributed by atoms with E-state index in [0.717, 1.165) is 30.8 Å². The van der Waals surface area contributed by atoms with Crippen molar-refractivity contribution in [3.05, 3.63) is 23.8 Å². The normalized spacial score (nSPS) is 29.7. The van der Waals surface area contributed by atoms with Crippen LogP contribution in [0, 0.1) is 17.0 Å². The third-order valence-corrected chi connectivity index (χ3v) is 8.38. The summed E-state index contributed by atoms with van der Waals surface area (Å²) in [6.45, 7) is 0.150. The van der Waals surface area contributed by atoms with E-state index in [1.54, 1.807) is 0 Å². The lowest BCUT2D eigenvalue weighted by Gasteiger charge is -2.39. The van der Waals surface area contributed by atoms with Crippen LogP contribution in [0.25, 0.3) is 0 Å². The van der Waals surface area contributed by atoms with E-state index in [1.807, 2.05) is 16.7 Å². The van der Waals surface area contributed by atoms with Gasteiger partial charge in [0.15, 0.2) is 11.6 Å². The fourth-order valence-corrected chi connectivity index (χ4v) is 6.71. The molecule has 1 aromatic carbocycles. The molecule has 5 rings (SSSR count). The predicted octanol–water partition coefficient (Wildman–Crippen LogP) is 3.42. The molecule has 2 N–H and O–H groups in total. The molecule has 6 nitrogen and oxygen atoms in total. The van der Waals surface area contributed by atoms with Crippen molar-refractivity contribution in [1.82, 2.24) is 0 Å². The maximum absolute atomic E-state index is 15.1. The lowest BCUT2D eigenvalue weighted by molar-refractivity contribution is -0.134. The predicted molar refractivity (Wildman–Crippen MR) is 111 cm³/mol. The van der Waals surface area contributed by atoms with Gasteiger partial charge in [-0.2, -0.15) is 11.8 Å². The van der Waals surface area contributed by atoms with E-state index in [1.165, 1.54) is 17.0 Å². The largest absolute Gasteiger partial charge is 0.444 e. The van der Waals surface area contributed by atoms with Gasteiger partial charge in [-0.25, -0.2) is 13.6 Å². The van der Waals surface area contributed by atoms with E-state index in [0.29, 0.717) is 19.3 Å². The molecule has 4 aliphatic rings. The van der Waals surface area contributed by atoms with Crippen LogP contribution in [0.1, 0.15) is 38.5 Å². The Balaban J connectivity index is 1.36. The van der Waals surface area contributed by atoms with Gasteiger partial charge < -0.3 is 15.4 Å². The number of nitrogens with two attached hydrogens (primary N) is 1. The monoisotopic (exact) mass is 437 g/mol. The first kappa shape index (κ1) is 19.9. The molecule has 9 heteroatoms. The van der Waals surface area contributed by atoms with Gasteiger partial charge in [-0.05, 0) is 25.7 Å². The fourth-order valence-electron chi connectivity index (χ4n) is 5.38. The lowest BCUT2D eigenvalue weighted by Crippen LogP contribution is -2.45. The maximum Gasteiger partial charge on any atom is 0.414 e. The first-order valence-electron chi connectivity index (χ1n) is 10.5. The molecular formula is C21H25F2N3O3S. The highest BCUT2D eigenvalue weighted by atomic mass is 32.2. The van der Waals surface area contributed by atoms with E-state index in [-0.39, 0.29) is 35.9 Å². The molecular weight excluding hydrogens is 412 g/mol. The van der Waals surface area contributed by atoms with Crippen LogP contribution in [-0.4, -0.2) is 48.2 Å². The molecule has 162 valence electrons. The number of carbonyl (C=O) groups excluding carboxylic acids is 2. The first-order valence-corrected chi connectivity index (χ1v) is 11.7. The van der Waals surface area contributed by atoms with Gasteiger partial charge in [0.05, 0.1) is 17.6 Å². The number of hydrogen-bond acceptors (Lipinski definition) is 5. The Labute approximate surface area is 178 Å².